The summed E-state index contributed by atoms with van der Waals surface area (Å²) in [6, 6.07) is 16.8. The first kappa shape index (κ1) is 37.8. The molecule has 0 amide bonds. The van der Waals surface area contributed by atoms with Crippen molar-refractivity contribution in [1.29, 1.82) is 0 Å². The molecule has 0 unspecified atom stereocenters. The Morgan fingerprint density at radius 2 is 1.17 bits per heavy atom. The molecule has 0 bridgehead atoms. The minimum absolute atomic E-state index is 0. The van der Waals surface area contributed by atoms with Crippen molar-refractivity contribution in [2.24, 2.45) is 0 Å². The summed E-state index contributed by atoms with van der Waals surface area (Å²) >= 11 is 3.56. The quantitative estimate of drug-likeness (QED) is 0.370. The topological polar surface area (TPSA) is 148 Å². The molecule has 8 nitrogen and oxygen atoms in total. The van der Waals surface area contributed by atoms with Crippen LogP contribution in [0.25, 0.3) is 20.2 Å². The van der Waals surface area contributed by atoms with Gasteiger partial charge in [0.1, 0.15) is 11.5 Å². The van der Waals surface area contributed by atoms with E-state index in [0.29, 0.717) is 0 Å². The van der Waals surface area contributed by atoms with Gasteiger partial charge in [-0.1, -0.05) is 0 Å². The summed E-state index contributed by atoms with van der Waals surface area (Å²) in [5, 5.41) is 4.70. The monoisotopic (exact) mass is 528 g/mol. The number of hydrogen-bond acceptors (Lipinski definition) is 9. The first-order chi connectivity index (χ1) is 15.7. The summed E-state index contributed by atoms with van der Waals surface area (Å²) in [5.41, 5.74) is 0. The third kappa shape index (κ3) is 14.0. The number of aryl methyl sites for hydroxylation is 1. The average molecular weight is 529 g/mol. The van der Waals surface area contributed by atoms with Gasteiger partial charge in [0.25, 0.3) is 0 Å². The second-order valence-corrected chi connectivity index (χ2v) is 9.41. The van der Waals surface area contributed by atoms with Crippen molar-refractivity contribution in [3.63, 3.8) is 0 Å². The summed E-state index contributed by atoms with van der Waals surface area (Å²) in [4.78, 5) is 33.8. The molecule has 4 aromatic rings. The molecule has 2 aromatic carbocycles. The van der Waals surface area contributed by atoms with Gasteiger partial charge in [0.2, 0.25) is 0 Å². The van der Waals surface area contributed by atoms with E-state index in [1.807, 2.05) is 51.2 Å². The Labute approximate surface area is 230 Å². The summed E-state index contributed by atoms with van der Waals surface area (Å²) in [6.07, 6.45) is 0.992. The van der Waals surface area contributed by atoms with Crippen molar-refractivity contribution in [3.8, 4) is 11.5 Å². The van der Waals surface area contributed by atoms with Crippen LogP contribution in [0, 0.1) is 6.92 Å². The molecule has 11 heteroatoms. The first-order valence-electron chi connectivity index (χ1n) is 10.0. The third-order valence-corrected chi connectivity index (χ3v) is 5.68. The Morgan fingerprint density at radius 3 is 1.64 bits per heavy atom. The number of fused-ring (bicyclic) bond motifs is 2. The smallest absolute Gasteiger partial charge is 0.870 e. The fraction of sp³-hybridized carbons (Fsp3) is 0.280. The summed E-state index contributed by atoms with van der Waals surface area (Å²) in [6.45, 7) is 10.3. The maximum Gasteiger partial charge on any atom is 1.00 e. The zero-order valence-corrected chi connectivity index (χ0v) is 22.7. The SMILES string of the molecule is CC(C)Oc1ccc2ccsc2c1.Cc1cc2ccc(OC(C)C)cc2s1.O.O=C=O.O=C=O.[Li+].[OH-]. The average Bonchev–Trinajstić information content (AvgIpc) is 3.33. The van der Waals surface area contributed by atoms with E-state index in [-0.39, 0.29) is 54.3 Å². The number of thiophene rings is 2. The van der Waals surface area contributed by atoms with Gasteiger partial charge in [-0.15, -0.1) is 22.7 Å². The molecule has 3 N–H and O–H groups in total. The number of rotatable bonds is 4. The standard InChI is InChI=1S/C12H14OS.C11H12OS.2CO2.Li.2H2O/c1-8(2)13-11-5-4-10-6-9(3)14-12(10)7-11;1-8(2)12-10-4-3-9-5-6-13-11(9)7-10;2*2-1-3;;;/h4-8H,1-3H3;3-8H,1-2H3;;;;2*1H2/q;;;;+1;;/p-1. The van der Waals surface area contributed by atoms with E-state index in [4.69, 9.17) is 28.7 Å². The van der Waals surface area contributed by atoms with Gasteiger partial charge in [0.05, 0.1) is 12.2 Å². The van der Waals surface area contributed by atoms with Gasteiger partial charge < -0.3 is 20.4 Å². The van der Waals surface area contributed by atoms with Gasteiger partial charge >= 0.3 is 31.2 Å². The predicted molar refractivity (Wildman–Crippen MR) is 135 cm³/mol. The molecule has 4 rings (SSSR count). The summed E-state index contributed by atoms with van der Waals surface area (Å²) in [5.74, 6) is 1.93. The molecule has 0 aliphatic carbocycles. The molecule has 0 atom stereocenters. The van der Waals surface area contributed by atoms with Crippen LogP contribution in [0.2, 0.25) is 0 Å². The molecule has 0 aliphatic rings. The molecular formula is C25H29LiO8S2. The molecule has 0 spiro atoms. The van der Waals surface area contributed by atoms with Crippen molar-refractivity contribution >= 4 is 55.1 Å². The van der Waals surface area contributed by atoms with Gasteiger partial charge in [-0.3, -0.25) is 0 Å². The van der Waals surface area contributed by atoms with Crippen LogP contribution in [0.15, 0.2) is 53.9 Å². The molecule has 0 saturated heterocycles. The first-order valence-corrected chi connectivity index (χ1v) is 11.7. The van der Waals surface area contributed by atoms with Crippen molar-refractivity contribution in [1.82, 2.24) is 0 Å². The molecule has 36 heavy (non-hydrogen) atoms. The largest absolute Gasteiger partial charge is 1.00 e. The molecule has 0 fully saturated rings. The number of carbonyl (C=O) groups excluding carboxylic acids is 4. The van der Waals surface area contributed by atoms with Crippen molar-refractivity contribution in [2.75, 3.05) is 0 Å². The number of benzene rings is 2. The van der Waals surface area contributed by atoms with Gasteiger partial charge in [-0.25, -0.2) is 0 Å². The minimum atomic E-state index is 0. The fourth-order valence-corrected chi connectivity index (χ4v) is 4.54. The molecule has 0 radical (unpaired) electrons. The van der Waals surface area contributed by atoms with Crippen LogP contribution in [-0.2, 0) is 19.2 Å². The predicted octanol–water partition coefficient (Wildman–Crippen LogP) is 2.52. The van der Waals surface area contributed by atoms with E-state index in [1.165, 1.54) is 25.0 Å². The van der Waals surface area contributed by atoms with Crippen molar-refractivity contribution in [2.45, 2.75) is 46.8 Å². The maximum absolute atomic E-state index is 8.12. The van der Waals surface area contributed by atoms with Crippen molar-refractivity contribution in [3.05, 3.63) is 58.8 Å². The summed E-state index contributed by atoms with van der Waals surface area (Å²) < 4.78 is 13.8. The third-order valence-electron chi connectivity index (χ3n) is 3.79. The van der Waals surface area contributed by atoms with Gasteiger partial charge in [0, 0.05) is 14.3 Å². The van der Waals surface area contributed by atoms with Crippen LogP contribution in [0.4, 0.5) is 0 Å². The van der Waals surface area contributed by atoms with Crippen LogP contribution in [0.3, 0.4) is 0 Å². The molecular weight excluding hydrogens is 499 g/mol. The van der Waals surface area contributed by atoms with Gasteiger partial charge in [-0.2, -0.15) is 19.2 Å². The van der Waals surface area contributed by atoms with E-state index in [0.717, 1.165) is 11.5 Å². The second kappa shape index (κ2) is 20.4. The Hall–Kier alpha value is -2.76. The second-order valence-electron chi connectivity index (χ2n) is 7.18. The Balaban J connectivity index is -0.000000466. The zero-order valence-electron chi connectivity index (χ0n) is 21.1. The van der Waals surface area contributed by atoms with Crippen LogP contribution in [0.5, 0.6) is 11.5 Å². The van der Waals surface area contributed by atoms with Gasteiger partial charge in [-0.05, 0) is 99.3 Å². The zero-order chi connectivity index (χ0) is 24.8. The van der Waals surface area contributed by atoms with Crippen LogP contribution in [0.1, 0.15) is 32.6 Å². The molecule has 2 heterocycles. The Bertz CT molecular complexity index is 1190. The van der Waals surface area contributed by atoms with Crippen molar-refractivity contribution < 1.29 is 58.5 Å². The van der Waals surface area contributed by atoms with E-state index in [9.17, 15) is 0 Å². The summed E-state index contributed by atoms with van der Waals surface area (Å²) in [7, 11) is 0. The van der Waals surface area contributed by atoms with Gasteiger partial charge in [0.15, 0.2) is 0 Å². The molecule has 190 valence electrons. The van der Waals surface area contributed by atoms with Crippen LogP contribution >= 0.6 is 22.7 Å². The molecule has 0 saturated carbocycles. The fourth-order valence-electron chi connectivity index (χ4n) is 2.77. The normalized spacial score (nSPS) is 8.75. The Kier molecular flexibility index (Phi) is 21.4. The molecule has 2 aromatic heterocycles. The number of hydrogen-bond donors (Lipinski definition) is 0. The van der Waals surface area contributed by atoms with Crippen LogP contribution < -0.4 is 28.3 Å². The number of ether oxygens (including phenoxy) is 2. The van der Waals surface area contributed by atoms with E-state index in [1.54, 1.807) is 11.3 Å². The minimum Gasteiger partial charge on any atom is -0.870 e. The van der Waals surface area contributed by atoms with Crippen LogP contribution in [-0.4, -0.2) is 35.5 Å². The van der Waals surface area contributed by atoms with E-state index >= 15 is 0 Å². The molecule has 0 aliphatic heterocycles. The Morgan fingerprint density at radius 1 is 0.722 bits per heavy atom. The van der Waals surface area contributed by atoms with E-state index in [2.05, 4.69) is 48.7 Å². The van der Waals surface area contributed by atoms with E-state index < -0.39 is 0 Å². The maximum atomic E-state index is 8.12.